The van der Waals surface area contributed by atoms with E-state index in [2.05, 4.69) is 31.8 Å². The van der Waals surface area contributed by atoms with Crippen molar-refractivity contribution in [3.8, 4) is 11.8 Å². The zero-order valence-electron chi connectivity index (χ0n) is 12.4. The van der Waals surface area contributed by atoms with E-state index in [1.54, 1.807) is 6.20 Å². The molecule has 1 aromatic carbocycles. The molecule has 0 saturated heterocycles. The highest BCUT2D eigenvalue weighted by Gasteiger charge is 2.07. The first kappa shape index (κ1) is 13.3. The number of fused-ring (bicyclic) bond motifs is 2. The third-order valence-corrected chi connectivity index (χ3v) is 3.57. The summed E-state index contributed by atoms with van der Waals surface area (Å²) < 4.78 is 5.60. The van der Waals surface area contributed by atoms with E-state index in [4.69, 9.17) is 10.2 Å². The van der Waals surface area contributed by atoms with Crippen LogP contribution in [0.3, 0.4) is 0 Å². The van der Waals surface area contributed by atoms with Gasteiger partial charge in [0.05, 0.1) is 10.9 Å². The molecule has 3 heterocycles. The van der Waals surface area contributed by atoms with Crippen molar-refractivity contribution in [3.05, 3.63) is 47.7 Å². The molecule has 0 atom stereocenters. The number of hydrogen-bond donors (Lipinski definition) is 2. The second kappa shape index (κ2) is 5.14. The van der Waals surface area contributed by atoms with Gasteiger partial charge in [0.2, 0.25) is 0 Å². The molecule has 4 aromatic rings. The van der Waals surface area contributed by atoms with E-state index >= 15 is 0 Å². The lowest BCUT2D eigenvalue weighted by Gasteiger charge is -1.94. The van der Waals surface area contributed by atoms with E-state index in [0.717, 1.165) is 39.9 Å². The number of aromatic amines is 1. The minimum atomic E-state index is 0.417. The van der Waals surface area contributed by atoms with Gasteiger partial charge in [0.25, 0.3) is 0 Å². The molecule has 112 valence electrons. The molecule has 0 radical (unpaired) electrons. The minimum Gasteiger partial charge on any atom is -0.441 e. The summed E-state index contributed by atoms with van der Waals surface area (Å²) in [7, 11) is 0. The summed E-state index contributed by atoms with van der Waals surface area (Å²) in [5.41, 5.74) is 9.80. The van der Waals surface area contributed by atoms with E-state index < -0.39 is 0 Å². The van der Waals surface area contributed by atoms with Crippen LogP contribution in [-0.2, 0) is 6.42 Å². The summed E-state index contributed by atoms with van der Waals surface area (Å²) in [4.78, 5) is 15.6. The van der Waals surface area contributed by atoms with Gasteiger partial charge in [-0.1, -0.05) is 18.8 Å². The van der Waals surface area contributed by atoms with Gasteiger partial charge in [0.15, 0.2) is 11.5 Å². The molecule has 0 aliphatic carbocycles. The summed E-state index contributed by atoms with van der Waals surface area (Å²) in [6.45, 7) is 2.01. The molecular formula is C17H13N5O. The summed E-state index contributed by atoms with van der Waals surface area (Å²) in [6.07, 6.45) is 3.98. The Morgan fingerprint density at radius 2 is 2.17 bits per heavy atom. The predicted molar refractivity (Wildman–Crippen MR) is 87.7 cm³/mol. The van der Waals surface area contributed by atoms with E-state index in [0.29, 0.717) is 11.5 Å². The molecule has 0 bridgehead atoms. The van der Waals surface area contributed by atoms with Crippen LogP contribution in [0.15, 0.2) is 35.1 Å². The monoisotopic (exact) mass is 303 g/mol. The van der Waals surface area contributed by atoms with Crippen LogP contribution in [0, 0.1) is 11.8 Å². The number of hydrogen-bond acceptors (Lipinski definition) is 5. The van der Waals surface area contributed by atoms with E-state index in [-0.39, 0.29) is 0 Å². The molecule has 0 amide bonds. The molecule has 0 aliphatic rings. The van der Waals surface area contributed by atoms with Gasteiger partial charge in [-0.15, -0.1) is 0 Å². The molecule has 23 heavy (non-hydrogen) atoms. The molecule has 0 spiro atoms. The first-order valence-corrected chi connectivity index (χ1v) is 7.23. The van der Waals surface area contributed by atoms with Crippen molar-refractivity contribution in [1.82, 2.24) is 19.9 Å². The van der Waals surface area contributed by atoms with Crippen LogP contribution in [-0.4, -0.2) is 19.9 Å². The van der Waals surface area contributed by atoms with E-state index in [9.17, 15) is 0 Å². The van der Waals surface area contributed by atoms with Gasteiger partial charge in [-0.2, -0.15) is 0 Å². The molecular weight excluding hydrogens is 290 g/mol. The van der Waals surface area contributed by atoms with Gasteiger partial charge in [0.1, 0.15) is 23.3 Å². The lowest BCUT2D eigenvalue weighted by Crippen LogP contribution is -1.92. The van der Waals surface area contributed by atoms with Gasteiger partial charge in [-0.05, 0) is 18.2 Å². The average Bonchev–Trinajstić information content (AvgIpc) is 3.16. The normalized spacial score (nSPS) is 10.8. The lowest BCUT2D eigenvalue weighted by molar-refractivity contribution is 0.538. The number of aryl methyl sites for hydroxylation is 1. The zero-order valence-corrected chi connectivity index (χ0v) is 12.4. The molecule has 4 rings (SSSR count). The van der Waals surface area contributed by atoms with Crippen molar-refractivity contribution >= 4 is 28.0 Å². The van der Waals surface area contributed by atoms with Crippen molar-refractivity contribution in [3.63, 3.8) is 0 Å². The number of nitrogen functional groups attached to an aromatic ring is 1. The third kappa shape index (κ3) is 2.28. The molecule has 6 nitrogen and oxygen atoms in total. The Bertz CT molecular complexity index is 1080. The second-order valence-corrected chi connectivity index (χ2v) is 5.08. The number of nitrogens with one attached hydrogen (secondary N) is 1. The maximum absolute atomic E-state index is 5.90. The van der Waals surface area contributed by atoms with Gasteiger partial charge >= 0.3 is 0 Å². The van der Waals surface area contributed by atoms with Crippen molar-refractivity contribution in [2.24, 2.45) is 0 Å². The fourth-order valence-electron chi connectivity index (χ4n) is 2.43. The molecule has 0 fully saturated rings. The van der Waals surface area contributed by atoms with Crippen LogP contribution in [0.1, 0.15) is 23.9 Å². The van der Waals surface area contributed by atoms with Crippen LogP contribution in [0.25, 0.3) is 22.1 Å². The summed E-state index contributed by atoms with van der Waals surface area (Å²) in [5, 5.41) is 0.746. The minimum absolute atomic E-state index is 0.417. The van der Waals surface area contributed by atoms with Crippen molar-refractivity contribution in [2.75, 3.05) is 5.73 Å². The number of rotatable bonds is 1. The average molecular weight is 303 g/mol. The fourth-order valence-corrected chi connectivity index (χ4v) is 2.43. The van der Waals surface area contributed by atoms with Crippen molar-refractivity contribution in [2.45, 2.75) is 13.3 Å². The Morgan fingerprint density at radius 1 is 1.26 bits per heavy atom. The van der Waals surface area contributed by atoms with Crippen LogP contribution < -0.4 is 5.73 Å². The summed E-state index contributed by atoms with van der Waals surface area (Å²) in [5.74, 6) is 7.38. The summed E-state index contributed by atoms with van der Waals surface area (Å²) >= 11 is 0. The van der Waals surface area contributed by atoms with Gasteiger partial charge < -0.3 is 15.1 Å². The first-order valence-electron chi connectivity index (χ1n) is 7.23. The highest BCUT2D eigenvalue weighted by Crippen LogP contribution is 2.20. The highest BCUT2D eigenvalue weighted by molar-refractivity contribution is 5.91. The maximum atomic E-state index is 5.90. The zero-order chi connectivity index (χ0) is 15.8. The Balaban J connectivity index is 1.76. The van der Waals surface area contributed by atoms with E-state index in [1.807, 2.05) is 25.1 Å². The standard InChI is InChI=1S/C17H13N5O/c1-2-14-22-12-7-10(4-6-13(12)23-14)3-5-11-8-19-17-15(11)16(18)20-9-21-17/h4,6-9H,2H2,1H3,(H3,18,19,20,21). The lowest BCUT2D eigenvalue weighted by atomic mass is 10.2. The summed E-state index contributed by atoms with van der Waals surface area (Å²) in [6, 6.07) is 5.71. The number of oxazole rings is 1. The Hall–Kier alpha value is -3.33. The first-order chi connectivity index (χ1) is 11.2. The molecule has 6 heteroatoms. The van der Waals surface area contributed by atoms with Crippen molar-refractivity contribution in [1.29, 1.82) is 0 Å². The number of nitrogens with zero attached hydrogens (tertiary/aromatic N) is 3. The van der Waals surface area contributed by atoms with Crippen LogP contribution in [0.2, 0.25) is 0 Å². The van der Waals surface area contributed by atoms with Gasteiger partial charge in [-0.25, -0.2) is 15.0 Å². The van der Waals surface area contributed by atoms with Crippen LogP contribution >= 0.6 is 0 Å². The van der Waals surface area contributed by atoms with Gasteiger partial charge in [0, 0.05) is 18.2 Å². The maximum Gasteiger partial charge on any atom is 0.195 e. The molecule has 0 aliphatic heterocycles. The predicted octanol–water partition coefficient (Wildman–Crippen LogP) is 2.64. The Labute approximate surface area is 131 Å². The number of anilines is 1. The largest absolute Gasteiger partial charge is 0.441 e. The molecule has 0 unspecified atom stereocenters. The van der Waals surface area contributed by atoms with Crippen molar-refractivity contribution < 1.29 is 4.42 Å². The second-order valence-electron chi connectivity index (χ2n) is 5.08. The fraction of sp³-hybridized carbons (Fsp3) is 0.118. The third-order valence-electron chi connectivity index (χ3n) is 3.57. The van der Waals surface area contributed by atoms with Crippen LogP contribution in [0.4, 0.5) is 5.82 Å². The van der Waals surface area contributed by atoms with E-state index in [1.165, 1.54) is 6.33 Å². The number of aromatic nitrogens is 4. The SMILES string of the molecule is CCc1nc2cc(C#Cc3c[nH]c4ncnc(N)c34)ccc2o1. The number of benzene rings is 1. The smallest absolute Gasteiger partial charge is 0.195 e. The van der Waals surface area contributed by atoms with Crippen LogP contribution in [0.5, 0.6) is 0 Å². The Morgan fingerprint density at radius 3 is 3.04 bits per heavy atom. The quantitative estimate of drug-likeness (QED) is 0.527. The Kier molecular flexibility index (Phi) is 2.98. The molecule has 3 N–H and O–H groups in total. The molecule has 0 saturated carbocycles. The van der Waals surface area contributed by atoms with Gasteiger partial charge in [-0.3, -0.25) is 0 Å². The number of nitrogens with two attached hydrogens (primary N) is 1. The highest BCUT2D eigenvalue weighted by atomic mass is 16.3. The number of H-pyrrole nitrogens is 1. The topological polar surface area (TPSA) is 93.6 Å². The molecule has 3 aromatic heterocycles.